The van der Waals surface area contributed by atoms with Crippen LogP contribution in [0.2, 0.25) is 0 Å². The number of nitrogens with zero attached hydrogens (tertiary/aromatic N) is 7. The van der Waals surface area contributed by atoms with Crippen molar-refractivity contribution in [3.63, 3.8) is 0 Å². The average molecular weight is 1870 g/mol. The van der Waals surface area contributed by atoms with E-state index in [-0.39, 0.29) is 86.5 Å². The maximum Gasteiger partial charge on any atom is 0.573 e. The van der Waals surface area contributed by atoms with Gasteiger partial charge in [-0.15, -0.1) is 13.2 Å². The van der Waals surface area contributed by atoms with Gasteiger partial charge in [-0.1, -0.05) is 191 Å². The number of fused-ring (bicyclic) bond motifs is 5. The molecule has 2 aromatic heterocycles. The van der Waals surface area contributed by atoms with Gasteiger partial charge in [-0.2, -0.15) is 17.2 Å². The zero-order valence-electron chi connectivity index (χ0n) is 71.0. The molecule has 15 rings (SSSR count). The number of halogens is 4. The highest BCUT2D eigenvalue weighted by atomic mass is 79.9. The summed E-state index contributed by atoms with van der Waals surface area (Å²) in [5.41, 5.74) is 8.87. The molecule has 9 aromatic carbocycles. The molecule has 666 valence electrons. The van der Waals surface area contributed by atoms with Crippen LogP contribution in [0.4, 0.5) is 18.9 Å². The molecular formula is C94H101BrF3N7O17S4. The Morgan fingerprint density at radius 3 is 1.23 bits per heavy atom. The number of para-hydroxylation sites is 4. The highest BCUT2D eigenvalue weighted by Gasteiger charge is 2.43. The van der Waals surface area contributed by atoms with E-state index in [1.165, 1.54) is 35.0 Å². The predicted octanol–water partition coefficient (Wildman–Crippen LogP) is 17.4. The van der Waals surface area contributed by atoms with Gasteiger partial charge in [0, 0.05) is 48.4 Å². The highest BCUT2D eigenvalue weighted by molar-refractivity contribution is 9.10. The van der Waals surface area contributed by atoms with E-state index in [4.69, 9.17) is 44.5 Å². The first kappa shape index (κ1) is 95.2. The fourth-order valence-corrected chi connectivity index (χ4v) is 22.1. The van der Waals surface area contributed by atoms with Gasteiger partial charge < -0.3 is 42.6 Å². The molecule has 0 aliphatic carbocycles. The third-order valence-electron chi connectivity index (χ3n) is 21.0. The van der Waals surface area contributed by atoms with Crippen LogP contribution in [-0.4, -0.2) is 156 Å². The van der Waals surface area contributed by atoms with Crippen molar-refractivity contribution in [3.8, 4) is 17.2 Å². The number of sulfonamides is 4. The average Bonchev–Trinajstić information content (AvgIpc) is 0.777. The van der Waals surface area contributed by atoms with Gasteiger partial charge in [0.2, 0.25) is 40.1 Å². The third kappa shape index (κ3) is 24.7. The Labute approximate surface area is 744 Å². The SMILES string of the molecule is CC(C)(C)OC[C@@H]1COCc2ccccc2CN1S(=O)(=O)c1cccc2cccnc12.CC(C)(C)OC[C@@H]1COCc2ncccc2CN1S(=O)(=O)c1ccccc1OC(F)(F)F.COc1ccccc1S(=O)(=O)N1Cc2ccccc2COCC1Cc1cccc(Br)c1.[C-]#[N+]c1cccc(CC2COCc3ccccc3CN2S(=O)(=O)c2ccccc2OC)c1. The number of ether oxygens (including phenoxy) is 9. The summed E-state index contributed by atoms with van der Waals surface area (Å²) in [4.78, 5) is 12.0. The minimum atomic E-state index is -5.05. The Morgan fingerprint density at radius 1 is 0.413 bits per heavy atom. The third-order valence-corrected chi connectivity index (χ3v) is 29.2. The summed E-state index contributed by atoms with van der Waals surface area (Å²) in [6.07, 6.45) is -0.894. The van der Waals surface area contributed by atoms with Crippen molar-refractivity contribution in [2.45, 2.75) is 168 Å². The van der Waals surface area contributed by atoms with Crippen LogP contribution >= 0.6 is 15.9 Å². The van der Waals surface area contributed by atoms with Crippen LogP contribution in [-0.2, 0) is 134 Å². The van der Waals surface area contributed by atoms with E-state index in [0.717, 1.165) is 70.8 Å². The van der Waals surface area contributed by atoms with E-state index in [0.29, 0.717) is 73.2 Å². The Bertz CT molecular complexity index is 6100. The molecule has 0 N–H and O–H groups in total. The van der Waals surface area contributed by atoms with Crippen molar-refractivity contribution in [3.05, 3.63) is 321 Å². The first-order valence-electron chi connectivity index (χ1n) is 40.6. The van der Waals surface area contributed by atoms with Crippen LogP contribution in [0.15, 0.2) is 273 Å². The minimum Gasteiger partial charge on any atom is -0.495 e. The van der Waals surface area contributed by atoms with Gasteiger partial charge in [0.15, 0.2) is 5.69 Å². The zero-order chi connectivity index (χ0) is 90.0. The molecule has 4 aliphatic heterocycles. The summed E-state index contributed by atoms with van der Waals surface area (Å²) in [6.45, 7) is 21.8. The molecule has 32 heteroatoms. The van der Waals surface area contributed by atoms with Crippen LogP contribution in [0.3, 0.4) is 0 Å². The number of pyridine rings is 2. The number of alkyl halides is 3. The van der Waals surface area contributed by atoms with E-state index < -0.39 is 86.4 Å². The highest BCUT2D eigenvalue weighted by Crippen LogP contribution is 2.39. The van der Waals surface area contributed by atoms with E-state index in [1.807, 2.05) is 163 Å². The molecule has 0 fully saturated rings. The van der Waals surface area contributed by atoms with Crippen LogP contribution in [0.1, 0.15) is 97.3 Å². The molecule has 6 heterocycles. The molecule has 0 amide bonds. The molecule has 2 unspecified atom stereocenters. The molecule has 0 radical (unpaired) electrons. The molecule has 126 heavy (non-hydrogen) atoms. The Balaban J connectivity index is 0.000000153. The molecular weight excluding hydrogens is 1760 g/mol. The number of hydrogen-bond donors (Lipinski definition) is 0. The zero-order valence-corrected chi connectivity index (χ0v) is 75.9. The maximum atomic E-state index is 14.0. The lowest BCUT2D eigenvalue weighted by Gasteiger charge is -2.35. The van der Waals surface area contributed by atoms with Crippen molar-refractivity contribution in [2.24, 2.45) is 0 Å². The van der Waals surface area contributed by atoms with Gasteiger partial charge in [0.05, 0.1) is 133 Å². The van der Waals surface area contributed by atoms with Gasteiger partial charge >= 0.3 is 6.36 Å². The maximum absolute atomic E-state index is 14.0. The van der Waals surface area contributed by atoms with Crippen LogP contribution in [0.5, 0.6) is 17.2 Å². The Morgan fingerprint density at radius 2 is 0.770 bits per heavy atom. The summed E-state index contributed by atoms with van der Waals surface area (Å²) in [5, 5.41) is 0.787. The number of benzene rings is 9. The molecule has 0 spiro atoms. The molecule has 11 aromatic rings. The summed E-state index contributed by atoms with van der Waals surface area (Å²) in [7, 11) is -13.1. The van der Waals surface area contributed by atoms with Crippen LogP contribution < -0.4 is 14.2 Å². The molecule has 4 atom stereocenters. The van der Waals surface area contributed by atoms with Gasteiger partial charge in [-0.25, -0.2) is 38.5 Å². The van der Waals surface area contributed by atoms with E-state index in [1.54, 1.807) is 108 Å². The largest absolute Gasteiger partial charge is 0.573 e. The normalized spacial score (nSPS) is 17.8. The first-order chi connectivity index (χ1) is 60.1. The summed E-state index contributed by atoms with van der Waals surface area (Å²) in [5.74, 6) is -0.164. The second-order valence-electron chi connectivity index (χ2n) is 32.1. The second kappa shape index (κ2) is 42.4. The fraction of sp³-hybridized carbons (Fsp3) is 0.330. The predicted molar refractivity (Wildman–Crippen MR) is 475 cm³/mol. The number of rotatable bonds is 19. The Kier molecular flexibility index (Phi) is 32.0. The summed E-state index contributed by atoms with van der Waals surface area (Å²) >= 11 is 3.51. The molecule has 24 nitrogen and oxygen atoms in total. The standard InChI is InChI=1S/C25H24N2O4S.C24H24BrNO4S.C24H28N2O4S.C21H25F3N2O5S/c1-26-22-11-7-8-19(14-22)15-23-18-31-17-21-10-4-3-9-20(21)16-27(23)32(28,29)25-13-6-5-12-24(25)30-2;1-29-23-11-4-5-12-24(23)31(27,28)26-15-19-8-2-3-9-20(19)16-30-17-22(26)14-18-7-6-10-21(25)13-18;1-24(2,3)30-17-21-16-29-15-20-9-5-4-8-19(20)14-26(21)31(27,28)22-12-6-10-18-11-7-13-25-23(18)22;1-20(2,3)30-13-16-12-29-14-17-15(7-6-10-25-17)11-26(16)32(27,28)19-9-5-4-8-18(19)31-21(22,23)24/h3-14,23H,15-18H2,2H3;2-13,22H,14-17H2,1H3;4-13,21H,14-17H2,1-3H3;4-10,16H,11-14H2,1-3H3/t;;21-;16-/m..00/s1. The van der Waals surface area contributed by atoms with Crippen molar-refractivity contribution in [1.29, 1.82) is 0 Å². The second-order valence-corrected chi connectivity index (χ2v) is 40.4. The summed E-state index contributed by atoms with van der Waals surface area (Å²) < 4.78 is 206. The lowest BCUT2D eigenvalue weighted by molar-refractivity contribution is -0.275. The van der Waals surface area contributed by atoms with Crippen LogP contribution in [0, 0.1) is 6.57 Å². The minimum absolute atomic E-state index is 0.0133. The van der Waals surface area contributed by atoms with Crippen LogP contribution in [0.25, 0.3) is 15.7 Å². The fourth-order valence-electron chi connectivity index (χ4n) is 14.7. The molecule has 0 bridgehead atoms. The number of methoxy groups -OCH3 is 2. The molecule has 0 saturated carbocycles. The molecule has 4 aliphatic rings. The monoisotopic (exact) mass is 1860 g/mol. The number of aromatic nitrogens is 2. The van der Waals surface area contributed by atoms with Gasteiger partial charge in [-0.3, -0.25) is 9.97 Å². The van der Waals surface area contributed by atoms with E-state index in [9.17, 15) is 46.8 Å². The van der Waals surface area contributed by atoms with Crippen molar-refractivity contribution in [1.82, 2.24) is 27.2 Å². The van der Waals surface area contributed by atoms with E-state index >= 15 is 0 Å². The topological polar surface area (TPSA) is 263 Å². The number of hydrogen-bond acceptors (Lipinski definition) is 19. The summed E-state index contributed by atoms with van der Waals surface area (Å²) in [6, 6.07) is 66.9. The molecule has 0 saturated heterocycles. The van der Waals surface area contributed by atoms with Crippen molar-refractivity contribution >= 4 is 72.6 Å². The van der Waals surface area contributed by atoms with Gasteiger partial charge in [0.1, 0.15) is 36.8 Å². The van der Waals surface area contributed by atoms with Gasteiger partial charge in [0.25, 0.3) is 0 Å². The van der Waals surface area contributed by atoms with Crippen molar-refractivity contribution in [2.75, 3.05) is 53.9 Å². The van der Waals surface area contributed by atoms with Crippen molar-refractivity contribution < 1.29 is 89.5 Å². The first-order valence-corrected chi connectivity index (χ1v) is 47.1. The Hall–Kier alpha value is -9.90. The smallest absolute Gasteiger partial charge is 0.495 e. The quantitative estimate of drug-likeness (QED) is 0.0681. The lowest BCUT2D eigenvalue weighted by atomic mass is 10.0. The van der Waals surface area contributed by atoms with Gasteiger partial charge in [-0.05, 0) is 166 Å². The lowest BCUT2D eigenvalue weighted by Crippen LogP contribution is -2.47. The van der Waals surface area contributed by atoms with E-state index in [2.05, 4.69) is 35.5 Å².